The predicted molar refractivity (Wildman–Crippen MR) is 57.0 cm³/mol. The lowest BCUT2D eigenvalue weighted by molar-refractivity contribution is 1.12. The van der Waals surface area contributed by atoms with Crippen LogP contribution in [-0.4, -0.2) is 4.98 Å². The van der Waals surface area contributed by atoms with E-state index in [4.69, 9.17) is 10.5 Å². The van der Waals surface area contributed by atoms with Crippen molar-refractivity contribution in [1.29, 1.82) is 10.5 Å². The Hall–Kier alpha value is -2.26. The lowest BCUT2D eigenvalue weighted by atomic mass is 9.98. The molecule has 1 aromatic heterocycles. The van der Waals surface area contributed by atoms with E-state index < -0.39 is 5.92 Å². The van der Waals surface area contributed by atoms with E-state index in [1.54, 1.807) is 0 Å². The van der Waals surface area contributed by atoms with Gasteiger partial charge in [-0.2, -0.15) is 10.5 Å². The van der Waals surface area contributed by atoms with Crippen LogP contribution in [-0.2, 0) is 0 Å². The van der Waals surface area contributed by atoms with E-state index in [-0.39, 0.29) is 0 Å². The fraction of sp³-hybridized carbons (Fsp3) is 0.167. The van der Waals surface area contributed by atoms with Gasteiger partial charge in [-0.3, -0.25) is 0 Å². The number of H-pyrrole nitrogens is 1. The molecule has 0 saturated carbocycles. The standard InChI is InChI=1S/C12H9N3/c1-8-5-11-10(9(6-13)7-14)3-2-4-12(11)15-8/h2-5,9,15H,1H3. The zero-order valence-electron chi connectivity index (χ0n) is 8.28. The van der Waals surface area contributed by atoms with E-state index in [1.807, 2.05) is 43.3 Å². The average Bonchev–Trinajstić information content (AvgIpc) is 2.61. The number of aromatic amines is 1. The number of hydrogen-bond acceptors (Lipinski definition) is 2. The molecular weight excluding hydrogens is 186 g/mol. The van der Waals surface area contributed by atoms with Crippen LogP contribution in [0.1, 0.15) is 17.2 Å². The zero-order chi connectivity index (χ0) is 10.8. The molecule has 15 heavy (non-hydrogen) atoms. The van der Waals surface area contributed by atoms with Crippen molar-refractivity contribution in [3.63, 3.8) is 0 Å². The van der Waals surface area contributed by atoms with Gasteiger partial charge in [-0.1, -0.05) is 12.1 Å². The molecule has 1 aromatic carbocycles. The third-order valence-electron chi connectivity index (χ3n) is 2.40. The Morgan fingerprint density at radius 3 is 2.67 bits per heavy atom. The van der Waals surface area contributed by atoms with Crippen LogP contribution in [0.2, 0.25) is 0 Å². The molecule has 0 radical (unpaired) electrons. The molecule has 0 bridgehead atoms. The molecule has 0 aliphatic rings. The van der Waals surface area contributed by atoms with Gasteiger partial charge < -0.3 is 4.98 Å². The van der Waals surface area contributed by atoms with Gasteiger partial charge in [-0.15, -0.1) is 0 Å². The van der Waals surface area contributed by atoms with E-state index in [1.165, 1.54) is 0 Å². The van der Waals surface area contributed by atoms with Crippen LogP contribution in [0, 0.1) is 29.6 Å². The summed E-state index contributed by atoms with van der Waals surface area (Å²) in [5.41, 5.74) is 2.79. The van der Waals surface area contributed by atoms with E-state index in [0.29, 0.717) is 0 Å². The van der Waals surface area contributed by atoms with Crippen molar-refractivity contribution in [3.8, 4) is 12.1 Å². The number of nitrogens with zero attached hydrogens (tertiary/aromatic N) is 2. The summed E-state index contributed by atoms with van der Waals surface area (Å²) in [4.78, 5) is 3.18. The molecule has 3 heteroatoms. The number of aryl methyl sites for hydroxylation is 1. The molecule has 0 aliphatic carbocycles. The molecule has 0 unspecified atom stereocenters. The van der Waals surface area contributed by atoms with Crippen molar-refractivity contribution in [2.24, 2.45) is 0 Å². The van der Waals surface area contributed by atoms with E-state index in [2.05, 4.69) is 4.98 Å². The Morgan fingerprint density at radius 1 is 1.27 bits per heavy atom. The van der Waals surface area contributed by atoms with Gasteiger partial charge in [0.2, 0.25) is 0 Å². The zero-order valence-corrected chi connectivity index (χ0v) is 8.28. The monoisotopic (exact) mass is 195 g/mol. The molecular formula is C12H9N3. The lowest BCUT2D eigenvalue weighted by Crippen LogP contribution is -1.91. The number of aromatic nitrogens is 1. The van der Waals surface area contributed by atoms with Gasteiger partial charge in [0.25, 0.3) is 0 Å². The van der Waals surface area contributed by atoms with Crippen LogP contribution in [0.4, 0.5) is 0 Å². The molecule has 72 valence electrons. The Kier molecular flexibility index (Phi) is 2.15. The van der Waals surface area contributed by atoms with Gasteiger partial charge in [-0.05, 0) is 24.6 Å². The third-order valence-corrected chi connectivity index (χ3v) is 2.40. The van der Waals surface area contributed by atoms with E-state index in [0.717, 1.165) is 22.2 Å². The smallest absolute Gasteiger partial charge is 0.158 e. The second kappa shape index (κ2) is 3.48. The summed E-state index contributed by atoms with van der Waals surface area (Å²) in [5.74, 6) is -0.691. The van der Waals surface area contributed by atoms with Crippen molar-refractivity contribution in [2.45, 2.75) is 12.8 Å². The summed E-state index contributed by atoms with van der Waals surface area (Å²) in [5, 5.41) is 18.7. The molecule has 2 aromatic rings. The topological polar surface area (TPSA) is 63.4 Å². The summed E-state index contributed by atoms with van der Waals surface area (Å²) in [6, 6.07) is 11.6. The molecule has 0 spiro atoms. The molecule has 3 nitrogen and oxygen atoms in total. The van der Waals surface area contributed by atoms with Gasteiger partial charge in [0, 0.05) is 16.6 Å². The number of benzene rings is 1. The van der Waals surface area contributed by atoms with Crippen molar-refractivity contribution in [3.05, 3.63) is 35.5 Å². The van der Waals surface area contributed by atoms with Gasteiger partial charge in [0.15, 0.2) is 5.92 Å². The number of nitrogens with one attached hydrogen (secondary N) is 1. The van der Waals surface area contributed by atoms with E-state index in [9.17, 15) is 0 Å². The van der Waals surface area contributed by atoms with Crippen LogP contribution >= 0.6 is 0 Å². The second-order valence-electron chi connectivity index (χ2n) is 3.45. The first-order valence-corrected chi connectivity index (χ1v) is 4.63. The Balaban J connectivity index is 2.72. The normalized spacial score (nSPS) is 10.1. The summed E-state index contributed by atoms with van der Waals surface area (Å²) in [6.07, 6.45) is 0. The number of fused-ring (bicyclic) bond motifs is 1. The Morgan fingerprint density at radius 2 is 2.00 bits per heavy atom. The quantitative estimate of drug-likeness (QED) is 0.760. The highest BCUT2D eigenvalue weighted by atomic mass is 14.7. The number of hydrogen-bond donors (Lipinski definition) is 1. The van der Waals surface area contributed by atoms with Crippen LogP contribution in [0.5, 0.6) is 0 Å². The maximum atomic E-state index is 8.86. The molecule has 2 rings (SSSR count). The molecule has 0 aliphatic heterocycles. The largest absolute Gasteiger partial charge is 0.359 e. The summed E-state index contributed by atoms with van der Waals surface area (Å²) >= 11 is 0. The first-order valence-electron chi connectivity index (χ1n) is 4.63. The molecule has 0 atom stereocenters. The van der Waals surface area contributed by atoms with Gasteiger partial charge in [0.1, 0.15) is 0 Å². The third kappa shape index (κ3) is 1.45. The minimum atomic E-state index is -0.691. The van der Waals surface area contributed by atoms with Crippen LogP contribution in [0.3, 0.4) is 0 Å². The summed E-state index contributed by atoms with van der Waals surface area (Å²) in [6.45, 7) is 1.96. The van der Waals surface area contributed by atoms with Crippen molar-refractivity contribution in [2.75, 3.05) is 0 Å². The first kappa shape index (κ1) is 9.30. The molecule has 0 saturated heterocycles. The lowest BCUT2D eigenvalue weighted by Gasteiger charge is -2.01. The number of nitriles is 2. The maximum Gasteiger partial charge on any atom is 0.158 e. The molecule has 1 heterocycles. The van der Waals surface area contributed by atoms with Gasteiger partial charge in [0.05, 0.1) is 12.1 Å². The highest BCUT2D eigenvalue weighted by molar-refractivity contribution is 5.85. The Bertz CT molecular complexity index is 567. The highest BCUT2D eigenvalue weighted by Gasteiger charge is 2.13. The molecule has 0 fully saturated rings. The maximum absolute atomic E-state index is 8.86. The Labute approximate surface area is 87.6 Å². The minimum absolute atomic E-state index is 0.691. The molecule has 1 N–H and O–H groups in total. The second-order valence-corrected chi connectivity index (χ2v) is 3.45. The number of rotatable bonds is 1. The fourth-order valence-corrected chi connectivity index (χ4v) is 1.74. The van der Waals surface area contributed by atoms with Crippen molar-refractivity contribution >= 4 is 10.9 Å². The average molecular weight is 195 g/mol. The summed E-state index contributed by atoms with van der Waals surface area (Å²) in [7, 11) is 0. The summed E-state index contributed by atoms with van der Waals surface area (Å²) < 4.78 is 0. The van der Waals surface area contributed by atoms with E-state index >= 15 is 0 Å². The van der Waals surface area contributed by atoms with Crippen molar-refractivity contribution < 1.29 is 0 Å². The fourth-order valence-electron chi connectivity index (χ4n) is 1.74. The first-order chi connectivity index (χ1) is 7.26. The van der Waals surface area contributed by atoms with Gasteiger partial charge >= 0.3 is 0 Å². The SMILES string of the molecule is Cc1cc2c(C(C#N)C#N)cccc2[nH]1. The van der Waals surface area contributed by atoms with Gasteiger partial charge in [-0.25, -0.2) is 0 Å². The van der Waals surface area contributed by atoms with Crippen LogP contribution in [0.15, 0.2) is 24.3 Å². The minimum Gasteiger partial charge on any atom is -0.359 e. The molecule has 0 amide bonds. The van der Waals surface area contributed by atoms with Crippen LogP contribution < -0.4 is 0 Å². The van der Waals surface area contributed by atoms with Crippen molar-refractivity contribution in [1.82, 2.24) is 4.98 Å². The predicted octanol–water partition coefficient (Wildman–Crippen LogP) is 2.61. The highest BCUT2D eigenvalue weighted by Crippen LogP contribution is 2.25. The van der Waals surface area contributed by atoms with Crippen LogP contribution in [0.25, 0.3) is 10.9 Å².